The van der Waals surface area contributed by atoms with Crippen molar-refractivity contribution in [3.05, 3.63) is 35.9 Å². The van der Waals surface area contributed by atoms with Gasteiger partial charge in [0.2, 0.25) is 0 Å². The van der Waals surface area contributed by atoms with E-state index in [1.54, 1.807) is 0 Å². The second-order valence-corrected chi connectivity index (χ2v) is 5.68. The molecule has 0 atom stereocenters. The first kappa shape index (κ1) is 13.6. The molecule has 2 heteroatoms. The molecule has 16 heavy (non-hydrogen) atoms. The minimum Gasteiger partial charge on any atom is -0.312 e. The summed E-state index contributed by atoms with van der Waals surface area (Å²) in [5.74, 6) is 3.36. The summed E-state index contributed by atoms with van der Waals surface area (Å²) in [5, 5.41) is 3.47. The molecule has 0 unspecified atom stereocenters. The minimum absolute atomic E-state index is 0.838. The first-order valence-corrected chi connectivity index (χ1v) is 7.27. The molecule has 1 aromatic rings. The Morgan fingerprint density at radius 2 is 1.88 bits per heavy atom. The molecular formula is C14H23NS. The largest absolute Gasteiger partial charge is 0.312 e. The molecule has 0 radical (unpaired) electrons. The lowest BCUT2D eigenvalue weighted by atomic mass is 10.2. The quantitative estimate of drug-likeness (QED) is 0.694. The fourth-order valence-electron chi connectivity index (χ4n) is 1.39. The van der Waals surface area contributed by atoms with Crippen LogP contribution in [0.5, 0.6) is 0 Å². The van der Waals surface area contributed by atoms with Crippen LogP contribution in [-0.4, -0.2) is 18.1 Å². The zero-order valence-electron chi connectivity index (χ0n) is 10.4. The lowest BCUT2D eigenvalue weighted by molar-refractivity contribution is 0.631. The molecule has 90 valence electrons. The Kier molecular flexibility index (Phi) is 7.35. The monoisotopic (exact) mass is 237 g/mol. The summed E-state index contributed by atoms with van der Waals surface area (Å²) in [4.78, 5) is 0. The van der Waals surface area contributed by atoms with Crippen LogP contribution in [0.15, 0.2) is 30.3 Å². The van der Waals surface area contributed by atoms with Gasteiger partial charge in [-0.25, -0.2) is 0 Å². The van der Waals surface area contributed by atoms with Crippen LogP contribution in [0.25, 0.3) is 0 Å². The minimum atomic E-state index is 0.838. The molecule has 0 saturated heterocycles. The summed E-state index contributed by atoms with van der Waals surface area (Å²) in [5.41, 5.74) is 1.37. The van der Waals surface area contributed by atoms with Gasteiger partial charge in [0.1, 0.15) is 0 Å². The Bertz CT molecular complexity index is 259. The third kappa shape index (κ3) is 6.91. The predicted molar refractivity (Wildman–Crippen MR) is 74.9 cm³/mol. The molecule has 1 N–H and O–H groups in total. The number of hydrogen-bond acceptors (Lipinski definition) is 2. The Morgan fingerprint density at radius 3 is 2.56 bits per heavy atom. The first-order chi connectivity index (χ1) is 7.79. The highest BCUT2D eigenvalue weighted by Gasteiger charge is 1.94. The molecule has 0 heterocycles. The standard InChI is InChI=1S/C14H23NS/c1-13(2)8-10-16-11-9-15-12-14-6-4-3-5-7-14/h3-7,13,15H,8-12H2,1-2H3. The van der Waals surface area contributed by atoms with E-state index in [2.05, 4.69) is 61.3 Å². The maximum atomic E-state index is 3.47. The maximum Gasteiger partial charge on any atom is 0.0205 e. The Balaban J connectivity index is 1.93. The van der Waals surface area contributed by atoms with Gasteiger partial charge < -0.3 is 5.32 Å². The molecule has 0 spiro atoms. The Morgan fingerprint density at radius 1 is 1.12 bits per heavy atom. The predicted octanol–water partition coefficient (Wildman–Crippen LogP) is 3.56. The summed E-state index contributed by atoms with van der Waals surface area (Å²) in [6.07, 6.45) is 1.34. The lowest BCUT2D eigenvalue weighted by Gasteiger charge is -2.06. The summed E-state index contributed by atoms with van der Waals surface area (Å²) in [6.45, 7) is 6.67. The van der Waals surface area contributed by atoms with Gasteiger partial charge in [-0.1, -0.05) is 44.2 Å². The fraction of sp³-hybridized carbons (Fsp3) is 0.571. The van der Waals surface area contributed by atoms with Gasteiger partial charge in [-0.05, 0) is 23.7 Å². The molecule has 0 amide bonds. The fourth-order valence-corrected chi connectivity index (χ4v) is 2.52. The van der Waals surface area contributed by atoms with Gasteiger partial charge in [0.15, 0.2) is 0 Å². The summed E-state index contributed by atoms with van der Waals surface area (Å²) < 4.78 is 0. The van der Waals surface area contributed by atoms with E-state index in [1.165, 1.54) is 23.5 Å². The van der Waals surface area contributed by atoms with Crippen molar-refractivity contribution in [2.45, 2.75) is 26.8 Å². The summed E-state index contributed by atoms with van der Waals surface area (Å²) in [6, 6.07) is 10.6. The van der Waals surface area contributed by atoms with Crippen molar-refractivity contribution in [2.75, 3.05) is 18.1 Å². The highest BCUT2D eigenvalue weighted by molar-refractivity contribution is 7.99. The number of benzene rings is 1. The van der Waals surface area contributed by atoms with Crippen molar-refractivity contribution in [3.63, 3.8) is 0 Å². The van der Waals surface area contributed by atoms with Crippen LogP contribution in [0.4, 0.5) is 0 Å². The van der Waals surface area contributed by atoms with E-state index in [9.17, 15) is 0 Å². The van der Waals surface area contributed by atoms with Gasteiger partial charge in [-0.3, -0.25) is 0 Å². The van der Waals surface area contributed by atoms with Gasteiger partial charge in [0, 0.05) is 18.8 Å². The van der Waals surface area contributed by atoms with E-state index in [0.717, 1.165) is 19.0 Å². The first-order valence-electron chi connectivity index (χ1n) is 6.11. The second kappa shape index (κ2) is 8.66. The van der Waals surface area contributed by atoms with Gasteiger partial charge in [-0.2, -0.15) is 11.8 Å². The van der Waals surface area contributed by atoms with E-state index >= 15 is 0 Å². The van der Waals surface area contributed by atoms with Gasteiger partial charge >= 0.3 is 0 Å². The highest BCUT2D eigenvalue weighted by Crippen LogP contribution is 2.07. The van der Waals surface area contributed by atoms with E-state index in [-0.39, 0.29) is 0 Å². The Hall–Kier alpha value is -0.470. The molecule has 1 nitrogen and oxygen atoms in total. The van der Waals surface area contributed by atoms with Gasteiger partial charge in [-0.15, -0.1) is 0 Å². The van der Waals surface area contributed by atoms with Crippen LogP contribution in [-0.2, 0) is 6.54 Å². The van der Waals surface area contributed by atoms with Crippen LogP contribution in [0.2, 0.25) is 0 Å². The van der Waals surface area contributed by atoms with Crippen molar-refractivity contribution in [1.29, 1.82) is 0 Å². The molecule has 0 aliphatic rings. The Labute approximate surface area is 104 Å². The average Bonchev–Trinajstić information content (AvgIpc) is 2.29. The molecule has 0 aliphatic carbocycles. The third-order valence-electron chi connectivity index (χ3n) is 2.43. The number of hydrogen-bond donors (Lipinski definition) is 1. The summed E-state index contributed by atoms with van der Waals surface area (Å²) in [7, 11) is 0. The average molecular weight is 237 g/mol. The van der Waals surface area contributed by atoms with E-state index in [4.69, 9.17) is 0 Å². The molecule has 0 fully saturated rings. The van der Waals surface area contributed by atoms with Crippen molar-refractivity contribution < 1.29 is 0 Å². The van der Waals surface area contributed by atoms with Crippen molar-refractivity contribution in [2.24, 2.45) is 5.92 Å². The number of thioether (sulfide) groups is 1. The molecule has 0 aliphatic heterocycles. The van der Waals surface area contributed by atoms with Crippen LogP contribution in [0, 0.1) is 5.92 Å². The van der Waals surface area contributed by atoms with Gasteiger partial charge in [0.05, 0.1) is 0 Å². The highest BCUT2D eigenvalue weighted by atomic mass is 32.2. The number of nitrogens with one attached hydrogen (secondary N) is 1. The van der Waals surface area contributed by atoms with E-state index < -0.39 is 0 Å². The molecule has 1 aromatic carbocycles. The van der Waals surface area contributed by atoms with E-state index in [0.29, 0.717) is 0 Å². The third-order valence-corrected chi connectivity index (χ3v) is 3.45. The van der Waals surface area contributed by atoms with Crippen molar-refractivity contribution >= 4 is 11.8 Å². The number of rotatable bonds is 8. The molecule has 1 rings (SSSR count). The zero-order chi connectivity index (χ0) is 11.6. The van der Waals surface area contributed by atoms with Crippen LogP contribution in [0.1, 0.15) is 25.8 Å². The zero-order valence-corrected chi connectivity index (χ0v) is 11.2. The molecule has 0 aromatic heterocycles. The normalized spacial score (nSPS) is 10.9. The van der Waals surface area contributed by atoms with E-state index in [1.807, 2.05) is 0 Å². The smallest absolute Gasteiger partial charge is 0.0205 e. The van der Waals surface area contributed by atoms with Crippen molar-refractivity contribution in [1.82, 2.24) is 5.32 Å². The topological polar surface area (TPSA) is 12.0 Å². The second-order valence-electron chi connectivity index (χ2n) is 4.46. The SMILES string of the molecule is CC(C)CCSCCNCc1ccccc1. The van der Waals surface area contributed by atoms with Crippen LogP contribution < -0.4 is 5.32 Å². The lowest BCUT2D eigenvalue weighted by Crippen LogP contribution is -2.16. The van der Waals surface area contributed by atoms with Crippen LogP contribution >= 0.6 is 11.8 Å². The maximum absolute atomic E-state index is 3.47. The van der Waals surface area contributed by atoms with Crippen molar-refractivity contribution in [3.8, 4) is 0 Å². The molecule has 0 saturated carbocycles. The molecule has 0 bridgehead atoms. The van der Waals surface area contributed by atoms with Crippen LogP contribution in [0.3, 0.4) is 0 Å². The molecular weight excluding hydrogens is 214 g/mol. The summed E-state index contributed by atoms with van der Waals surface area (Å²) >= 11 is 2.05. The van der Waals surface area contributed by atoms with Gasteiger partial charge in [0.25, 0.3) is 0 Å².